The molecule has 1 fully saturated rings. The maximum atomic E-state index is 5.89. The normalized spacial score (nSPS) is 24.2. The molecule has 2 heteroatoms. The Morgan fingerprint density at radius 2 is 2.38 bits per heavy atom. The van der Waals surface area contributed by atoms with Gasteiger partial charge >= 0.3 is 0 Å². The third kappa shape index (κ3) is 4.31. The summed E-state index contributed by atoms with van der Waals surface area (Å²) in [5.74, 6) is 2.62. The minimum atomic E-state index is 0.264. The molecule has 1 heterocycles. The van der Waals surface area contributed by atoms with Crippen LogP contribution in [0.3, 0.4) is 0 Å². The van der Waals surface area contributed by atoms with Gasteiger partial charge in [-0.1, -0.05) is 0 Å². The van der Waals surface area contributed by atoms with E-state index in [2.05, 4.69) is 5.92 Å². The molecule has 2 unspecified atom stereocenters. The molecule has 0 aromatic carbocycles. The molecule has 0 aromatic heterocycles. The smallest absolute Gasteiger partial charge is 0.0576 e. The summed E-state index contributed by atoms with van der Waals surface area (Å²) in [6.07, 6.45) is 12.0. The average molecular weight is 181 g/mol. The Morgan fingerprint density at radius 3 is 3.00 bits per heavy atom. The number of nitrogens with two attached hydrogens (primary N) is 1. The molecule has 0 aromatic rings. The van der Waals surface area contributed by atoms with Gasteiger partial charge in [0.1, 0.15) is 0 Å². The Morgan fingerprint density at radius 1 is 1.54 bits per heavy atom. The zero-order valence-electron chi connectivity index (χ0n) is 8.17. The fraction of sp³-hybridized carbons (Fsp3) is 0.818. The molecule has 1 aliphatic rings. The Bertz CT molecular complexity index is 167. The van der Waals surface area contributed by atoms with Crippen LogP contribution in [-0.2, 0) is 4.74 Å². The van der Waals surface area contributed by atoms with Gasteiger partial charge < -0.3 is 10.5 Å². The molecule has 0 aliphatic carbocycles. The highest BCUT2D eigenvalue weighted by Crippen LogP contribution is 2.18. The van der Waals surface area contributed by atoms with E-state index in [0.717, 1.165) is 32.3 Å². The van der Waals surface area contributed by atoms with Gasteiger partial charge in [0.25, 0.3) is 0 Å². The summed E-state index contributed by atoms with van der Waals surface area (Å²) < 4.78 is 5.51. The van der Waals surface area contributed by atoms with Crippen molar-refractivity contribution in [3.05, 3.63) is 0 Å². The number of hydrogen-bond donors (Lipinski definition) is 1. The first-order chi connectivity index (χ1) is 6.33. The lowest BCUT2D eigenvalue weighted by molar-refractivity contribution is 0.100. The Balaban J connectivity index is 2.00. The average Bonchev–Trinajstić information content (AvgIpc) is 2.64. The maximum absolute atomic E-state index is 5.89. The van der Waals surface area contributed by atoms with E-state index in [9.17, 15) is 0 Å². The highest BCUT2D eigenvalue weighted by atomic mass is 16.5. The Kier molecular flexibility index (Phi) is 4.88. The van der Waals surface area contributed by atoms with Gasteiger partial charge in [0, 0.05) is 19.1 Å². The monoisotopic (exact) mass is 181 g/mol. The second-order valence-electron chi connectivity index (χ2n) is 3.72. The Labute approximate surface area is 80.8 Å². The van der Waals surface area contributed by atoms with E-state index in [1.807, 2.05) is 0 Å². The van der Waals surface area contributed by atoms with Gasteiger partial charge in [-0.05, 0) is 32.1 Å². The molecule has 2 atom stereocenters. The quantitative estimate of drug-likeness (QED) is 0.655. The molecule has 0 bridgehead atoms. The van der Waals surface area contributed by atoms with Crippen LogP contribution in [0.4, 0.5) is 0 Å². The number of terminal acetylenes is 1. The third-order valence-corrected chi connectivity index (χ3v) is 2.54. The van der Waals surface area contributed by atoms with Crippen molar-refractivity contribution in [3.63, 3.8) is 0 Å². The van der Waals surface area contributed by atoms with Gasteiger partial charge in [-0.25, -0.2) is 0 Å². The van der Waals surface area contributed by atoms with Crippen molar-refractivity contribution in [1.82, 2.24) is 0 Å². The van der Waals surface area contributed by atoms with Gasteiger partial charge in [0.05, 0.1) is 6.10 Å². The lowest BCUT2D eigenvalue weighted by Crippen LogP contribution is -2.21. The summed E-state index contributed by atoms with van der Waals surface area (Å²) in [5.41, 5.74) is 5.89. The van der Waals surface area contributed by atoms with Crippen LogP contribution in [-0.4, -0.2) is 18.8 Å². The first kappa shape index (κ1) is 10.6. The maximum Gasteiger partial charge on any atom is 0.0576 e. The minimum Gasteiger partial charge on any atom is -0.378 e. The molecule has 0 spiro atoms. The first-order valence-corrected chi connectivity index (χ1v) is 5.13. The van der Waals surface area contributed by atoms with Gasteiger partial charge in [-0.2, -0.15) is 0 Å². The molecule has 0 amide bonds. The SMILES string of the molecule is C#CCCC(N)CCC1CCCO1. The second-order valence-corrected chi connectivity index (χ2v) is 3.72. The van der Waals surface area contributed by atoms with Crippen LogP contribution in [0.15, 0.2) is 0 Å². The van der Waals surface area contributed by atoms with Crippen molar-refractivity contribution in [2.24, 2.45) is 5.73 Å². The molecule has 13 heavy (non-hydrogen) atoms. The summed E-state index contributed by atoms with van der Waals surface area (Å²) in [7, 11) is 0. The van der Waals surface area contributed by atoms with Crippen LogP contribution in [0.25, 0.3) is 0 Å². The molecule has 2 N–H and O–H groups in total. The zero-order chi connectivity index (χ0) is 9.52. The van der Waals surface area contributed by atoms with E-state index in [4.69, 9.17) is 16.9 Å². The lowest BCUT2D eigenvalue weighted by atomic mass is 10.0. The van der Waals surface area contributed by atoms with Crippen LogP contribution < -0.4 is 5.73 Å². The van der Waals surface area contributed by atoms with Crippen LogP contribution in [0.2, 0.25) is 0 Å². The lowest BCUT2D eigenvalue weighted by Gasteiger charge is -2.13. The van der Waals surface area contributed by atoms with Gasteiger partial charge in [-0.15, -0.1) is 12.3 Å². The highest BCUT2D eigenvalue weighted by Gasteiger charge is 2.16. The van der Waals surface area contributed by atoms with Crippen molar-refractivity contribution in [2.75, 3.05) is 6.61 Å². The van der Waals surface area contributed by atoms with Gasteiger partial charge in [-0.3, -0.25) is 0 Å². The number of rotatable bonds is 5. The standard InChI is InChI=1S/C11H19NO/c1-2-3-5-10(12)7-8-11-6-4-9-13-11/h1,10-11H,3-9,12H2. The molecule has 1 saturated heterocycles. The van der Waals surface area contributed by atoms with E-state index < -0.39 is 0 Å². The van der Waals surface area contributed by atoms with Gasteiger partial charge in [0.2, 0.25) is 0 Å². The zero-order valence-corrected chi connectivity index (χ0v) is 8.17. The largest absolute Gasteiger partial charge is 0.378 e. The molecular formula is C11H19NO. The number of hydrogen-bond acceptors (Lipinski definition) is 2. The highest BCUT2D eigenvalue weighted by molar-refractivity contribution is 4.85. The molecule has 0 saturated carbocycles. The molecule has 0 radical (unpaired) electrons. The molecule has 1 aliphatic heterocycles. The fourth-order valence-corrected chi connectivity index (χ4v) is 1.69. The van der Waals surface area contributed by atoms with E-state index >= 15 is 0 Å². The van der Waals surface area contributed by atoms with E-state index in [1.165, 1.54) is 12.8 Å². The van der Waals surface area contributed by atoms with Crippen molar-refractivity contribution in [1.29, 1.82) is 0 Å². The van der Waals surface area contributed by atoms with E-state index in [-0.39, 0.29) is 6.04 Å². The predicted octanol–water partition coefficient (Wildman–Crippen LogP) is 1.69. The summed E-state index contributed by atoms with van der Waals surface area (Å²) in [4.78, 5) is 0. The topological polar surface area (TPSA) is 35.2 Å². The Hall–Kier alpha value is -0.520. The molecule has 2 nitrogen and oxygen atoms in total. The van der Waals surface area contributed by atoms with Crippen LogP contribution >= 0.6 is 0 Å². The van der Waals surface area contributed by atoms with E-state index in [1.54, 1.807) is 0 Å². The molecule has 74 valence electrons. The van der Waals surface area contributed by atoms with Gasteiger partial charge in [0.15, 0.2) is 0 Å². The fourth-order valence-electron chi connectivity index (χ4n) is 1.69. The van der Waals surface area contributed by atoms with Crippen LogP contribution in [0.5, 0.6) is 0 Å². The summed E-state index contributed by atoms with van der Waals surface area (Å²) in [5, 5.41) is 0. The first-order valence-electron chi connectivity index (χ1n) is 5.13. The van der Waals surface area contributed by atoms with Crippen LogP contribution in [0.1, 0.15) is 38.5 Å². The van der Waals surface area contributed by atoms with E-state index in [0.29, 0.717) is 6.10 Å². The number of ether oxygens (including phenoxy) is 1. The van der Waals surface area contributed by atoms with Crippen LogP contribution in [0, 0.1) is 12.3 Å². The second kappa shape index (κ2) is 6.01. The third-order valence-electron chi connectivity index (χ3n) is 2.54. The predicted molar refractivity (Wildman–Crippen MR) is 54.3 cm³/mol. The molecule has 1 rings (SSSR count). The minimum absolute atomic E-state index is 0.264. The van der Waals surface area contributed by atoms with Crippen molar-refractivity contribution in [2.45, 2.75) is 50.7 Å². The van der Waals surface area contributed by atoms with Crippen molar-refractivity contribution >= 4 is 0 Å². The molecular weight excluding hydrogens is 162 g/mol. The van der Waals surface area contributed by atoms with Crippen molar-refractivity contribution < 1.29 is 4.74 Å². The van der Waals surface area contributed by atoms with Crippen molar-refractivity contribution in [3.8, 4) is 12.3 Å². The summed E-state index contributed by atoms with van der Waals surface area (Å²) in [6, 6.07) is 0.264. The summed E-state index contributed by atoms with van der Waals surface area (Å²) >= 11 is 0. The summed E-state index contributed by atoms with van der Waals surface area (Å²) in [6.45, 7) is 0.935.